The standard InChI is InChI=1S/C23H31N3O3S/c1-14(23(3,4)5)22(29)26-10-6-7-18(26)21(28)24-12-17-9-8-16(11-19(17)27)20-15(2)25-13-30-20/h8-9,11,13-14,18,27H,6-7,10,12H2,1-5H3,(H,24,28)/t14-,18+/m1/s1. The number of aromatic hydroxyl groups is 1. The van der Waals surface area contributed by atoms with Gasteiger partial charge < -0.3 is 15.3 Å². The predicted molar refractivity (Wildman–Crippen MR) is 119 cm³/mol. The Bertz CT molecular complexity index is 932. The van der Waals surface area contributed by atoms with Crippen molar-refractivity contribution in [3.63, 3.8) is 0 Å². The van der Waals surface area contributed by atoms with Crippen molar-refractivity contribution >= 4 is 23.2 Å². The fraction of sp³-hybridized carbons (Fsp3) is 0.522. The Hall–Kier alpha value is -2.41. The third kappa shape index (κ3) is 4.67. The summed E-state index contributed by atoms with van der Waals surface area (Å²) in [5.41, 5.74) is 4.12. The average molecular weight is 430 g/mol. The van der Waals surface area contributed by atoms with Gasteiger partial charge in [0.15, 0.2) is 0 Å². The zero-order valence-electron chi connectivity index (χ0n) is 18.4. The van der Waals surface area contributed by atoms with Crippen LogP contribution in [0, 0.1) is 18.3 Å². The van der Waals surface area contributed by atoms with Crippen LogP contribution in [0.3, 0.4) is 0 Å². The van der Waals surface area contributed by atoms with E-state index in [0.717, 1.165) is 22.6 Å². The first kappa shape index (κ1) is 22.3. The van der Waals surface area contributed by atoms with Crippen molar-refractivity contribution in [1.29, 1.82) is 0 Å². The maximum atomic E-state index is 12.9. The second-order valence-electron chi connectivity index (χ2n) is 9.11. The van der Waals surface area contributed by atoms with E-state index in [2.05, 4.69) is 10.3 Å². The lowest BCUT2D eigenvalue weighted by Gasteiger charge is -2.32. The number of aryl methyl sites for hydroxylation is 1. The van der Waals surface area contributed by atoms with Crippen molar-refractivity contribution in [3.8, 4) is 16.2 Å². The molecule has 0 saturated carbocycles. The number of carbonyl (C=O) groups is 2. The maximum Gasteiger partial charge on any atom is 0.243 e. The van der Waals surface area contributed by atoms with E-state index in [4.69, 9.17) is 0 Å². The van der Waals surface area contributed by atoms with Crippen molar-refractivity contribution in [1.82, 2.24) is 15.2 Å². The number of amides is 2. The molecule has 162 valence electrons. The quantitative estimate of drug-likeness (QED) is 0.749. The third-order valence-corrected chi connectivity index (χ3v) is 7.03. The van der Waals surface area contributed by atoms with E-state index in [1.54, 1.807) is 16.5 Å². The second-order valence-corrected chi connectivity index (χ2v) is 9.96. The van der Waals surface area contributed by atoms with E-state index in [0.29, 0.717) is 18.5 Å². The van der Waals surface area contributed by atoms with Gasteiger partial charge >= 0.3 is 0 Å². The first-order valence-electron chi connectivity index (χ1n) is 10.4. The van der Waals surface area contributed by atoms with Gasteiger partial charge in [0.1, 0.15) is 11.8 Å². The van der Waals surface area contributed by atoms with Gasteiger partial charge in [-0.1, -0.05) is 39.8 Å². The number of hydrogen-bond acceptors (Lipinski definition) is 5. The number of rotatable bonds is 5. The summed E-state index contributed by atoms with van der Waals surface area (Å²) < 4.78 is 0. The Morgan fingerprint density at radius 1 is 1.37 bits per heavy atom. The summed E-state index contributed by atoms with van der Waals surface area (Å²) in [4.78, 5) is 32.7. The normalized spacial score (nSPS) is 17.8. The van der Waals surface area contributed by atoms with Gasteiger partial charge in [-0.15, -0.1) is 11.3 Å². The highest BCUT2D eigenvalue weighted by Gasteiger charge is 2.38. The van der Waals surface area contributed by atoms with Crippen LogP contribution in [0.5, 0.6) is 5.75 Å². The van der Waals surface area contributed by atoms with Crippen LogP contribution in [0.15, 0.2) is 23.7 Å². The molecule has 1 fully saturated rings. The van der Waals surface area contributed by atoms with Crippen LogP contribution in [0.25, 0.3) is 10.4 Å². The van der Waals surface area contributed by atoms with E-state index >= 15 is 0 Å². The highest BCUT2D eigenvalue weighted by molar-refractivity contribution is 7.13. The lowest BCUT2D eigenvalue weighted by molar-refractivity contribution is -0.143. The molecule has 1 aromatic heterocycles. The number of phenols is 1. The topological polar surface area (TPSA) is 82.5 Å². The minimum atomic E-state index is -0.441. The number of likely N-dealkylation sites (tertiary alicyclic amines) is 1. The van der Waals surface area contributed by atoms with Gasteiger partial charge in [0.05, 0.1) is 16.1 Å². The molecule has 0 aliphatic carbocycles. The first-order chi connectivity index (χ1) is 14.1. The fourth-order valence-electron chi connectivity index (χ4n) is 3.66. The molecule has 2 amide bonds. The van der Waals surface area contributed by atoms with Crippen LogP contribution in [0.1, 0.15) is 51.8 Å². The summed E-state index contributed by atoms with van der Waals surface area (Å²) in [6.07, 6.45) is 1.50. The highest BCUT2D eigenvalue weighted by atomic mass is 32.1. The zero-order valence-corrected chi connectivity index (χ0v) is 19.2. The summed E-state index contributed by atoms with van der Waals surface area (Å²) in [5, 5.41) is 13.3. The molecule has 1 saturated heterocycles. The van der Waals surface area contributed by atoms with Gasteiger partial charge in [-0.2, -0.15) is 0 Å². The molecular weight excluding hydrogens is 398 g/mol. The van der Waals surface area contributed by atoms with Crippen molar-refractivity contribution in [2.24, 2.45) is 11.3 Å². The van der Waals surface area contributed by atoms with Gasteiger partial charge in [-0.05, 0) is 36.8 Å². The molecule has 7 heteroatoms. The Morgan fingerprint density at radius 2 is 2.10 bits per heavy atom. The molecule has 1 aliphatic rings. The predicted octanol–water partition coefficient (Wildman–Crippen LogP) is 4.11. The van der Waals surface area contributed by atoms with Crippen LogP contribution in [-0.4, -0.2) is 39.4 Å². The van der Waals surface area contributed by atoms with Crippen molar-refractivity contribution in [2.45, 2.75) is 60.0 Å². The van der Waals surface area contributed by atoms with Gasteiger partial charge in [0.25, 0.3) is 0 Å². The Labute approximate surface area is 182 Å². The number of benzene rings is 1. The number of carbonyl (C=O) groups excluding carboxylic acids is 2. The number of hydrogen-bond donors (Lipinski definition) is 2. The maximum absolute atomic E-state index is 12.9. The zero-order chi connectivity index (χ0) is 22.1. The Morgan fingerprint density at radius 3 is 2.70 bits per heavy atom. The van der Waals surface area contributed by atoms with Crippen LogP contribution in [-0.2, 0) is 16.1 Å². The Balaban J connectivity index is 1.65. The molecule has 2 heterocycles. The van der Waals surface area contributed by atoms with Crippen molar-refractivity contribution in [3.05, 3.63) is 35.0 Å². The van der Waals surface area contributed by atoms with E-state index in [-0.39, 0.29) is 35.4 Å². The van der Waals surface area contributed by atoms with Crippen LogP contribution >= 0.6 is 11.3 Å². The SMILES string of the molecule is Cc1ncsc1-c1ccc(CNC(=O)[C@@H]2CCCN2C(=O)[C@@H](C)C(C)(C)C)c(O)c1. The lowest BCUT2D eigenvalue weighted by Crippen LogP contribution is -2.49. The monoisotopic (exact) mass is 429 g/mol. The third-order valence-electron chi connectivity index (χ3n) is 6.05. The molecule has 1 aromatic carbocycles. The van der Waals surface area contributed by atoms with E-state index in [1.807, 2.05) is 46.8 Å². The molecule has 6 nitrogen and oxygen atoms in total. The smallest absolute Gasteiger partial charge is 0.243 e. The van der Waals surface area contributed by atoms with Crippen LogP contribution in [0.4, 0.5) is 0 Å². The second kappa shape index (κ2) is 8.76. The number of nitrogens with one attached hydrogen (secondary N) is 1. The Kier molecular flexibility index (Phi) is 6.50. The molecule has 30 heavy (non-hydrogen) atoms. The number of thiazole rings is 1. The highest BCUT2D eigenvalue weighted by Crippen LogP contribution is 2.32. The largest absolute Gasteiger partial charge is 0.508 e. The summed E-state index contributed by atoms with van der Waals surface area (Å²) in [6, 6.07) is 5.02. The molecule has 2 atom stereocenters. The average Bonchev–Trinajstić information content (AvgIpc) is 3.34. The molecule has 0 bridgehead atoms. The van der Waals surface area contributed by atoms with Crippen molar-refractivity contribution < 1.29 is 14.7 Å². The summed E-state index contributed by atoms with van der Waals surface area (Å²) in [7, 11) is 0. The van der Waals surface area contributed by atoms with Crippen LogP contribution in [0.2, 0.25) is 0 Å². The van der Waals surface area contributed by atoms with Gasteiger partial charge in [0, 0.05) is 24.6 Å². The van der Waals surface area contributed by atoms with E-state index in [1.165, 1.54) is 11.3 Å². The molecule has 0 spiro atoms. The summed E-state index contributed by atoms with van der Waals surface area (Å²) >= 11 is 1.53. The minimum Gasteiger partial charge on any atom is -0.508 e. The number of nitrogens with zero attached hydrogens (tertiary/aromatic N) is 2. The molecule has 0 unspecified atom stereocenters. The van der Waals surface area contributed by atoms with E-state index in [9.17, 15) is 14.7 Å². The lowest BCUT2D eigenvalue weighted by atomic mass is 9.81. The fourth-order valence-corrected chi connectivity index (χ4v) is 4.46. The summed E-state index contributed by atoms with van der Waals surface area (Å²) in [5.74, 6) is -0.144. The van der Waals surface area contributed by atoms with Gasteiger partial charge in [0.2, 0.25) is 11.8 Å². The molecule has 0 radical (unpaired) electrons. The van der Waals surface area contributed by atoms with E-state index < -0.39 is 6.04 Å². The molecule has 2 aromatic rings. The van der Waals surface area contributed by atoms with Gasteiger partial charge in [-0.3, -0.25) is 9.59 Å². The van der Waals surface area contributed by atoms with Crippen LogP contribution < -0.4 is 5.32 Å². The summed E-state index contributed by atoms with van der Waals surface area (Å²) in [6.45, 7) is 10.8. The molecule has 3 rings (SSSR count). The number of aromatic nitrogens is 1. The number of phenolic OH excluding ortho intramolecular Hbond substituents is 1. The first-order valence-corrected chi connectivity index (χ1v) is 11.3. The molecule has 1 aliphatic heterocycles. The molecule has 2 N–H and O–H groups in total. The minimum absolute atomic E-state index is 0.0345. The van der Waals surface area contributed by atoms with Crippen molar-refractivity contribution in [2.75, 3.05) is 6.54 Å². The molecular formula is C23H31N3O3S. The van der Waals surface area contributed by atoms with Gasteiger partial charge in [-0.25, -0.2) is 4.98 Å².